The number of aromatic amines is 1. The van der Waals surface area contributed by atoms with Crippen LogP contribution in [0.1, 0.15) is 12.5 Å². The van der Waals surface area contributed by atoms with E-state index in [-0.39, 0.29) is 6.61 Å². The predicted octanol–water partition coefficient (Wildman–Crippen LogP) is 4.04. The smallest absolute Gasteiger partial charge is 0.408 e. The molecule has 0 aliphatic heterocycles. The first-order valence-electron chi connectivity index (χ1n) is 7.99. The van der Waals surface area contributed by atoms with Gasteiger partial charge in [0.2, 0.25) is 0 Å². The average Bonchev–Trinajstić information content (AvgIpc) is 3.05. The first-order valence-corrected chi connectivity index (χ1v) is 8.37. The van der Waals surface area contributed by atoms with E-state index in [4.69, 9.17) is 21.1 Å². The number of H-pyrrole nitrogens is 1. The molecule has 1 atom stereocenters. The van der Waals surface area contributed by atoms with Crippen molar-refractivity contribution in [2.75, 3.05) is 0 Å². The van der Waals surface area contributed by atoms with Crippen LogP contribution < -0.4 is 10.1 Å². The number of halogens is 1. The van der Waals surface area contributed by atoms with Gasteiger partial charge in [-0.15, -0.1) is 0 Å². The Hall–Kier alpha value is -2.99. The van der Waals surface area contributed by atoms with Crippen LogP contribution in [0.4, 0.5) is 4.79 Å². The van der Waals surface area contributed by atoms with Crippen molar-refractivity contribution in [3.63, 3.8) is 0 Å². The summed E-state index contributed by atoms with van der Waals surface area (Å²) in [5, 5.41) is 3.53. The Morgan fingerprint density at radius 3 is 2.69 bits per heavy atom. The van der Waals surface area contributed by atoms with E-state index in [2.05, 4.69) is 10.3 Å². The molecule has 0 spiro atoms. The molecule has 0 saturated heterocycles. The molecule has 0 fully saturated rings. The third kappa shape index (κ3) is 4.15. The molecule has 0 radical (unpaired) electrons. The van der Waals surface area contributed by atoms with Crippen LogP contribution in [-0.4, -0.2) is 23.1 Å². The van der Waals surface area contributed by atoms with Gasteiger partial charge in [-0.05, 0) is 24.6 Å². The SMILES string of the molecule is C[C@H](NC(=O)OCc1ccccc1)C(=O)Oc1c[nH]c2cccc(Cl)c12. The average molecular weight is 373 g/mol. The quantitative estimate of drug-likeness (QED) is 0.662. The second-order valence-electron chi connectivity index (χ2n) is 5.66. The van der Waals surface area contributed by atoms with E-state index < -0.39 is 18.1 Å². The summed E-state index contributed by atoms with van der Waals surface area (Å²) in [5.74, 6) is -0.315. The summed E-state index contributed by atoms with van der Waals surface area (Å²) in [4.78, 5) is 27.0. The molecule has 1 heterocycles. The van der Waals surface area contributed by atoms with Crippen LogP contribution in [0.5, 0.6) is 5.75 Å². The first-order chi connectivity index (χ1) is 12.5. The molecule has 0 bridgehead atoms. The molecular formula is C19H17ClN2O4. The molecule has 2 N–H and O–H groups in total. The minimum Gasteiger partial charge on any atom is -0.445 e. The van der Waals surface area contributed by atoms with Gasteiger partial charge in [-0.1, -0.05) is 48.0 Å². The number of carbonyl (C=O) groups is 2. The minimum absolute atomic E-state index is 0.118. The number of rotatable bonds is 5. The number of esters is 1. The zero-order chi connectivity index (χ0) is 18.5. The molecule has 3 rings (SSSR count). The Morgan fingerprint density at radius 1 is 1.15 bits per heavy atom. The molecule has 0 aliphatic rings. The number of benzene rings is 2. The maximum Gasteiger partial charge on any atom is 0.408 e. The van der Waals surface area contributed by atoms with Crippen LogP contribution in [0.3, 0.4) is 0 Å². The molecule has 1 amide bonds. The highest BCUT2D eigenvalue weighted by molar-refractivity contribution is 6.36. The van der Waals surface area contributed by atoms with Gasteiger partial charge in [0.1, 0.15) is 12.6 Å². The normalized spacial score (nSPS) is 11.8. The Labute approximate surface area is 155 Å². The molecule has 7 heteroatoms. The number of aromatic nitrogens is 1. The maximum atomic E-state index is 12.2. The Bertz CT molecular complexity index is 924. The molecule has 134 valence electrons. The Morgan fingerprint density at radius 2 is 1.92 bits per heavy atom. The molecule has 2 aromatic carbocycles. The van der Waals surface area contributed by atoms with Crippen molar-refractivity contribution in [3.05, 3.63) is 65.3 Å². The van der Waals surface area contributed by atoms with Gasteiger partial charge in [0.05, 0.1) is 15.9 Å². The summed E-state index contributed by atoms with van der Waals surface area (Å²) in [6.07, 6.45) is 0.852. The highest BCUT2D eigenvalue weighted by Gasteiger charge is 2.20. The molecule has 26 heavy (non-hydrogen) atoms. The van der Waals surface area contributed by atoms with Crippen molar-refractivity contribution in [1.82, 2.24) is 10.3 Å². The van der Waals surface area contributed by atoms with Crippen LogP contribution in [0.2, 0.25) is 5.02 Å². The van der Waals surface area contributed by atoms with E-state index in [1.54, 1.807) is 18.3 Å². The van der Waals surface area contributed by atoms with Crippen molar-refractivity contribution < 1.29 is 19.1 Å². The molecule has 6 nitrogen and oxygen atoms in total. The van der Waals surface area contributed by atoms with Crippen LogP contribution in [0, 0.1) is 0 Å². The lowest BCUT2D eigenvalue weighted by Crippen LogP contribution is -2.41. The van der Waals surface area contributed by atoms with Crippen molar-refractivity contribution in [3.8, 4) is 5.75 Å². The highest BCUT2D eigenvalue weighted by atomic mass is 35.5. The Kier molecular flexibility index (Phi) is 5.43. The van der Waals surface area contributed by atoms with Gasteiger partial charge in [-0.25, -0.2) is 9.59 Å². The zero-order valence-electron chi connectivity index (χ0n) is 14.0. The fraction of sp³-hybridized carbons (Fsp3) is 0.158. The summed E-state index contributed by atoms with van der Waals surface area (Å²) in [5.41, 5.74) is 1.61. The lowest BCUT2D eigenvalue weighted by atomic mass is 10.2. The summed E-state index contributed by atoms with van der Waals surface area (Å²) in [7, 11) is 0. The van der Waals surface area contributed by atoms with Crippen molar-refractivity contribution in [2.45, 2.75) is 19.6 Å². The van der Waals surface area contributed by atoms with Gasteiger partial charge in [0.15, 0.2) is 5.75 Å². The monoisotopic (exact) mass is 372 g/mol. The maximum absolute atomic E-state index is 12.2. The number of hydrogen-bond donors (Lipinski definition) is 2. The van der Waals surface area contributed by atoms with E-state index in [0.29, 0.717) is 16.2 Å². The van der Waals surface area contributed by atoms with E-state index in [1.165, 1.54) is 6.92 Å². The summed E-state index contributed by atoms with van der Waals surface area (Å²) < 4.78 is 10.4. The summed E-state index contributed by atoms with van der Waals surface area (Å²) in [6, 6.07) is 13.7. The largest absolute Gasteiger partial charge is 0.445 e. The number of alkyl carbamates (subject to hydrolysis) is 1. The number of nitrogens with one attached hydrogen (secondary N) is 2. The third-order valence-electron chi connectivity index (χ3n) is 3.73. The summed E-state index contributed by atoms with van der Waals surface area (Å²) in [6.45, 7) is 1.63. The van der Waals surface area contributed by atoms with Crippen molar-refractivity contribution >= 4 is 34.6 Å². The second-order valence-corrected chi connectivity index (χ2v) is 6.07. The Balaban J connectivity index is 1.56. The zero-order valence-corrected chi connectivity index (χ0v) is 14.7. The molecule has 1 aromatic heterocycles. The van der Waals surface area contributed by atoms with E-state index in [9.17, 15) is 9.59 Å². The van der Waals surface area contributed by atoms with Crippen LogP contribution in [0.25, 0.3) is 10.9 Å². The van der Waals surface area contributed by atoms with Crippen LogP contribution >= 0.6 is 11.6 Å². The van der Waals surface area contributed by atoms with Crippen molar-refractivity contribution in [1.29, 1.82) is 0 Å². The van der Waals surface area contributed by atoms with Gasteiger partial charge in [-0.3, -0.25) is 0 Å². The fourth-order valence-corrected chi connectivity index (χ4v) is 2.66. The van der Waals surface area contributed by atoms with Gasteiger partial charge in [-0.2, -0.15) is 0 Å². The van der Waals surface area contributed by atoms with Gasteiger partial charge >= 0.3 is 12.1 Å². The van der Waals surface area contributed by atoms with E-state index in [1.807, 2.05) is 36.4 Å². The second kappa shape index (κ2) is 7.93. The number of amides is 1. The van der Waals surface area contributed by atoms with Gasteiger partial charge in [0, 0.05) is 6.20 Å². The molecular weight excluding hydrogens is 356 g/mol. The fourth-order valence-electron chi connectivity index (χ4n) is 2.39. The van der Waals surface area contributed by atoms with Crippen molar-refractivity contribution in [2.24, 2.45) is 0 Å². The highest BCUT2D eigenvalue weighted by Crippen LogP contribution is 2.32. The number of ether oxygens (including phenoxy) is 2. The number of hydrogen-bond acceptors (Lipinski definition) is 4. The van der Waals surface area contributed by atoms with Crippen LogP contribution in [0.15, 0.2) is 54.7 Å². The van der Waals surface area contributed by atoms with Gasteiger partial charge in [0.25, 0.3) is 0 Å². The molecule has 0 aliphatic carbocycles. The molecule has 0 unspecified atom stereocenters. The van der Waals surface area contributed by atoms with E-state index in [0.717, 1.165) is 11.1 Å². The van der Waals surface area contributed by atoms with Crippen LogP contribution in [-0.2, 0) is 16.1 Å². The number of carbonyl (C=O) groups excluding carboxylic acids is 2. The lowest BCUT2D eigenvalue weighted by Gasteiger charge is -2.13. The van der Waals surface area contributed by atoms with Gasteiger partial charge < -0.3 is 19.8 Å². The number of fused-ring (bicyclic) bond motifs is 1. The predicted molar refractivity (Wildman–Crippen MR) is 98.2 cm³/mol. The first kappa shape index (κ1) is 17.8. The minimum atomic E-state index is -0.884. The third-order valence-corrected chi connectivity index (χ3v) is 4.04. The molecule has 3 aromatic rings. The summed E-state index contributed by atoms with van der Waals surface area (Å²) >= 11 is 6.15. The lowest BCUT2D eigenvalue weighted by molar-refractivity contribution is -0.136. The topological polar surface area (TPSA) is 80.4 Å². The molecule has 0 saturated carbocycles. The standard InChI is InChI=1S/C19H17ClN2O4/c1-12(22-19(24)25-11-13-6-3-2-4-7-13)18(23)26-16-10-21-15-9-5-8-14(20)17(15)16/h2-10,12,21H,11H2,1H3,(H,22,24)/t12-/m0/s1. The van der Waals surface area contributed by atoms with E-state index >= 15 is 0 Å².